The Morgan fingerprint density at radius 2 is 2.08 bits per heavy atom. The predicted octanol–water partition coefficient (Wildman–Crippen LogP) is 2.64. The van der Waals surface area contributed by atoms with Gasteiger partial charge in [-0.1, -0.05) is 0 Å². The van der Waals surface area contributed by atoms with Gasteiger partial charge in [-0.05, 0) is 50.2 Å². The van der Waals surface area contributed by atoms with E-state index in [4.69, 9.17) is 10.5 Å². The van der Waals surface area contributed by atoms with E-state index in [2.05, 4.69) is 5.32 Å². The van der Waals surface area contributed by atoms with Crippen LogP contribution in [0.2, 0.25) is 0 Å². The molecule has 0 aromatic heterocycles. The fourth-order valence-corrected chi connectivity index (χ4v) is 3.91. The molecule has 0 saturated heterocycles. The molecular weight excluding hydrogens is 338 g/mol. The number of benzene rings is 1. The van der Waals surface area contributed by atoms with Crippen molar-refractivity contribution in [3.8, 4) is 5.75 Å². The topological polar surface area (TPSA) is 64.3 Å². The van der Waals surface area contributed by atoms with Crippen molar-refractivity contribution in [1.29, 1.82) is 0 Å². The molecule has 4 nitrogen and oxygen atoms in total. The largest absolute Gasteiger partial charge is 0.488 e. The van der Waals surface area contributed by atoms with E-state index < -0.39 is 11.6 Å². The Hall–Kier alpha value is -1.40. The van der Waals surface area contributed by atoms with E-state index in [0.29, 0.717) is 11.8 Å². The highest BCUT2D eigenvalue weighted by molar-refractivity contribution is 5.85. The molecule has 0 aliphatic heterocycles. The summed E-state index contributed by atoms with van der Waals surface area (Å²) in [7, 11) is 0. The van der Waals surface area contributed by atoms with E-state index >= 15 is 0 Å². The summed E-state index contributed by atoms with van der Waals surface area (Å²) in [5.74, 6) is -0.739. The second-order valence-corrected chi connectivity index (χ2v) is 6.73. The van der Waals surface area contributed by atoms with Gasteiger partial charge < -0.3 is 15.8 Å². The number of halogens is 3. The quantitative estimate of drug-likeness (QED) is 0.848. The van der Waals surface area contributed by atoms with E-state index in [1.165, 1.54) is 6.07 Å². The molecule has 134 valence electrons. The normalized spacial score (nSPS) is 29.0. The molecule has 2 bridgehead atoms. The molecular formula is C17H23ClF2N2O2. The Kier molecular flexibility index (Phi) is 6.04. The van der Waals surface area contributed by atoms with Crippen LogP contribution in [0.1, 0.15) is 26.2 Å². The SMILES string of the molecule is CC(COc1ccc(F)cc1F)NC(=O)C1C2CCC(C2)C1N.Cl. The zero-order valence-electron chi connectivity index (χ0n) is 13.5. The van der Waals surface area contributed by atoms with Crippen LogP contribution in [0, 0.1) is 29.4 Å². The first-order valence-electron chi connectivity index (χ1n) is 8.09. The highest BCUT2D eigenvalue weighted by Crippen LogP contribution is 2.47. The van der Waals surface area contributed by atoms with Crippen molar-refractivity contribution >= 4 is 18.3 Å². The van der Waals surface area contributed by atoms with Crippen molar-refractivity contribution in [2.75, 3.05) is 6.61 Å². The summed E-state index contributed by atoms with van der Waals surface area (Å²) in [4.78, 5) is 12.4. The molecule has 2 aliphatic carbocycles. The highest BCUT2D eigenvalue weighted by Gasteiger charge is 2.49. The number of ether oxygens (including phenoxy) is 1. The van der Waals surface area contributed by atoms with E-state index in [1.54, 1.807) is 6.92 Å². The molecule has 0 spiro atoms. The lowest BCUT2D eigenvalue weighted by molar-refractivity contribution is -0.127. The Labute approximate surface area is 146 Å². The van der Waals surface area contributed by atoms with Gasteiger partial charge in [-0.3, -0.25) is 4.79 Å². The second kappa shape index (κ2) is 7.66. The van der Waals surface area contributed by atoms with Gasteiger partial charge in [0.15, 0.2) is 11.6 Å². The molecule has 0 radical (unpaired) electrons. The fraction of sp³-hybridized carbons (Fsp3) is 0.588. The van der Waals surface area contributed by atoms with Crippen LogP contribution in [-0.2, 0) is 4.79 Å². The zero-order valence-corrected chi connectivity index (χ0v) is 14.3. The lowest BCUT2D eigenvalue weighted by atomic mass is 9.84. The van der Waals surface area contributed by atoms with Crippen molar-refractivity contribution in [2.24, 2.45) is 23.5 Å². The van der Waals surface area contributed by atoms with Gasteiger partial charge >= 0.3 is 0 Å². The molecule has 2 fully saturated rings. The fourth-order valence-electron chi connectivity index (χ4n) is 3.91. The van der Waals surface area contributed by atoms with Crippen LogP contribution < -0.4 is 15.8 Å². The van der Waals surface area contributed by atoms with Gasteiger partial charge in [0.25, 0.3) is 0 Å². The number of hydrogen-bond acceptors (Lipinski definition) is 3. The van der Waals surface area contributed by atoms with Gasteiger partial charge in [0, 0.05) is 12.1 Å². The van der Waals surface area contributed by atoms with Crippen LogP contribution in [0.4, 0.5) is 8.78 Å². The molecule has 7 heteroatoms. The lowest BCUT2D eigenvalue weighted by Crippen LogP contribution is -2.48. The first kappa shape index (κ1) is 18.9. The van der Waals surface area contributed by atoms with Crippen LogP contribution >= 0.6 is 12.4 Å². The average molecular weight is 361 g/mol. The summed E-state index contributed by atoms with van der Waals surface area (Å²) in [6.07, 6.45) is 3.24. The molecule has 2 saturated carbocycles. The first-order chi connectivity index (χ1) is 11.0. The third-order valence-electron chi connectivity index (χ3n) is 5.05. The Bertz CT molecular complexity index is 600. The standard InChI is InChI=1S/C17H22F2N2O2.ClH/c1-9(8-23-14-5-4-12(18)7-13(14)19)21-17(22)15-10-2-3-11(6-10)16(15)20;/h4-5,7,9-11,15-16H,2-3,6,8,20H2,1H3,(H,21,22);1H. The van der Waals surface area contributed by atoms with E-state index in [1.807, 2.05) is 0 Å². The summed E-state index contributed by atoms with van der Waals surface area (Å²) >= 11 is 0. The van der Waals surface area contributed by atoms with Gasteiger partial charge in [-0.15, -0.1) is 12.4 Å². The van der Waals surface area contributed by atoms with Crippen LogP contribution in [0.5, 0.6) is 5.75 Å². The lowest BCUT2D eigenvalue weighted by Gasteiger charge is -2.28. The number of amides is 1. The number of nitrogens with two attached hydrogens (primary N) is 1. The van der Waals surface area contributed by atoms with Gasteiger partial charge in [0.2, 0.25) is 5.91 Å². The van der Waals surface area contributed by atoms with Crippen molar-refractivity contribution < 1.29 is 18.3 Å². The summed E-state index contributed by atoms with van der Waals surface area (Å²) in [6.45, 7) is 1.91. The monoisotopic (exact) mass is 360 g/mol. The summed E-state index contributed by atoms with van der Waals surface area (Å²) < 4.78 is 31.6. The number of rotatable bonds is 5. The van der Waals surface area contributed by atoms with E-state index in [-0.39, 0.29) is 48.7 Å². The molecule has 3 N–H and O–H groups in total. The number of hydrogen-bond donors (Lipinski definition) is 2. The van der Waals surface area contributed by atoms with E-state index in [9.17, 15) is 13.6 Å². The van der Waals surface area contributed by atoms with Gasteiger partial charge in [-0.2, -0.15) is 0 Å². The zero-order chi connectivity index (χ0) is 16.6. The maximum absolute atomic E-state index is 13.5. The Morgan fingerprint density at radius 3 is 2.71 bits per heavy atom. The predicted molar refractivity (Wildman–Crippen MR) is 89.0 cm³/mol. The van der Waals surface area contributed by atoms with Crippen LogP contribution in [0.3, 0.4) is 0 Å². The average Bonchev–Trinajstić information content (AvgIpc) is 3.07. The first-order valence-corrected chi connectivity index (χ1v) is 8.09. The Morgan fingerprint density at radius 1 is 1.38 bits per heavy atom. The van der Waals surface area contributed by atoms with Gasteiger partial charge in [0.1, 0.15) is 12.4 Å². The van der Waals surface area contributed by atoms with Gasteiger partial charge in [0.05, 0.1) is 12.0 Å². The summed E-state index contributed by atoms with van der Waals surface area (Å²) in [5.41, 5.74) is 6.16. The van der Waals surface area contributed by atoms with Crippen molar-refractivity contribution in [3.05, 3.63) is 29.8 Å². The number of carbonyl (C=O) groups excluding carboxylic acids is 1. The molecule has 3 rings (SSSR count). The number of nitrogens with one attached hydrogen (secondary N) is 1. The molecule has 1 amide bonds. The maximum atomic E-state index is 13.5. The van der Waals surface area contributed by atoms with E-state index in [0.717, 1.165) is 31.4 Å². The molecule has 0 heterocycles. The second-order valence-electron chi connectivity index (χ2n) is 6.73. The maximum Gasteiger partial charge on any atom is 0.225 e. The minimum Gasteiger partial charge on any atom is -0.488 e. The van der Waals surface area contributed by atoms with Crippen LogP contribution in [-0.4, -0.2) is 24.6 Å². The van der Waals surface area contributed by atoms with Crippen LogP contribution in [0.25, 0.3) is 0 Å². The van der Waals surface area contributed by atoms with Gasteiger partial charge in [-0.25, -0.2) is 8.78 Å². The summed E-state index contributed by atoms with van der Waals surface area (Å²) in [6, 6.07) is 2.81. The van der Waals surface area contributed by atoms with Crippen molar-refractivity contribution in [1.82, 2.24) is 5.32 Å². The smallest absolute Gasteiger partial charge is 0.225 e. The number of fused-ring (bicyclic) bond motifs is 2. The minimum absolute atomic E-state index is 0. The van der Waals surface area contributed by atoms with Crippen LogP contribution in [0.15, 0.2) is 18.2 Å². The molecule has 5 atom stereocenters. The third kappa shape index (κ3) is 3.81. The van der Waals surface area contributed by atoms with Crippen molar-refractivity contribution in [3.63, 3.8) is 0 Å². The molecule has 5 unspecified atom stereocenters. The number of carbonyl (C=O) groups is 1. The summed E-state index contributed by atoms with van der Waals surface area (Å²) in [5, 5.41) is 2.90. The molecule has 2 aliphatic rings. The third-order valence-corrected chi connectivity index (χ3v) is 5.05. The van der Waals surface area contributed by atoms with Crippen molar-refractivity contribution in [2.45, 2.75) is 38.3 Å². The molecule has 24 heavy (non-hydrogen) atoms. The Balaban J connectivity index is 0.00000208. The highest BCUT2D eigenvalue weighted by atomic mass is 35.5. The molecule has 1 aromatic carbocycles. The molecule has 1 aromatic rings. The minimum atomic E-state index is -0.751.